The fraction of sp³-hybridized carbons (Fsp3) is 1.00. The molecule has 2 rings (SSSR count). The van der Waals surface area contributed by atoms with Gasteiger partial charge in [-0.25, -0.2) is 0 Å². The number of ether oxygens (including phenoxy) is 1. The Morgan fingerprint density at radius 2 is 2.11 bits per heavy atom. The third-order valence-corrected chi connectivity index (χ3v) is 5.14. The van der Waals surface area contributed by atoms with Crippen molar-refractivity contribution in [2.45, 2.75) is 58.5 Å². The van der Waals surface area contributed by atoms with Gasteiger partial charge in [-0.1, -0.05) is 20.8 Å². The first-order valence-electron chi connectivity index (χ1n) is 8.06. The maximum atomic E-state index is 5.52. The SMILES string of the molecule is CCCNC1C(CN(C)C2CCOC2)CCC1(C)C. The average Bonchev–Trinajstić information content (AvgIpc) is 2.97. The van der Waals surface area contributed by atoms with Gasteiger partial charge in [0.05, 0.1) is 6.61 Å². The minimum Gasteiger partial charge on any atom is -0.380 e. The van der Waals surface area contributed by atoms with Crippen LogP contribution in [0.1, 0.15) is 46.5 Å². The largest absolute Gasteiger partial charge is 0.380 e. The van der Waals surface area contributed by atoms with Crippen LogP contribution in [0, 0.1) is 11.3 Å². The van der Waals surface area contributed by atoms with Crippen molar-refractivity contribution in [3.63, 3.8) is 0 Å². The molecule has 0 aromatic heterocycles. The molecular formula is C16H32N2O. The van der Waals surface area contributed by atoms with E-state index in [1.54, 1.807) is 0 Å². The second-order valence-corrected chi connectivity index (χ2v) is 7.18. The Balaban J connectivity index is 1.90. The third-order valence-electron chi connectivity index (χ3n) is 5.14. The van der Waals surface area contributed by atoms with Crippen LogP contribution in [-0.2, 0) is 4.74 Å². The highest BCUT2D eigenvalue weighted by Gasteiger charge is 2.42. The molecule has 0 aromatic rings. The number of likely N-dealkylation sites (N-methyl/N-ethyl adjacent to an activating group) is 1. The highest BCUT2D eigenvalue weighted by molar-refractivity contribution is 4.97. The fourth-order valence-corrected chi connectivity index (χ4v) is 3.85. The molecule has 1 N–H and O–H groups in total. The Morgan fingerprint density at radius 1 is 1.32 bits per heavy atom. The van der Waals surface area contributed by atoms with E-state index in [2.05, 4.69) is 38.0 Å². The summed E-state index contributed by atoms with van der Waals surface area (Å²) in [5.74, 6) is 0.798. The smallest absolute Gasteiger partial charge is 0.0622 e. The summed E-state index contributed by atoms with van der Waals surface area (Å²) in [6, 6.07) is 1.33. The lowest BCUT2D eigenvalue weighted by Crippen LogP contribution is -2.47. The number of hydrogen-bond acceptors (Lipinski definition) is 3. The van der Waals surface area contributed by atoms with E-state index in [-0.39, 0.29) is 0 Å². The van der Waals surface area contributed by atoms with Crippen molar-refractivity contribution in [3.05, 3.63) is 0 Å². The Bertz CT molecular complexity index is 274. The molecule has 2 aliphatic rings. The normalized spacial score (nSPS) is 34.3. The quantitative estimate of drug-likeness (QED) is 0.801. The van der Waals surface area contributed by atoms with Crippen LogP contribution in [0.2, 0.25) is 0 Å². The number of rotatable bonds is 6. The van der Waals surface area contributed by atoms with Gasteiger partial charge in [-0.05, 0) is 50.6 Å². The van der Waals surface area contributed by atoms with Crippen molar-refractivity contribution < 1.29 is 4.74 Å². The molecule has 0 amide bonds. The van der Waals surface area contributed by atoms with E-state index < -0.39 is 0 Å². The molecule has 1 saturated heterocycles. The second-order valence-electron chi connectivity index (χ2n) is 7.18. The van der Waals surface area contributed by atoms with Gasteiger partial charge in [-0.3, -0.25) is 0 Å². The van der Waals surface area contributed by atoms with Crippen LogP contribution < -0.4 is 5.32 Å². The molecule has 1 heterocycles. The minimum absolute atomic E-state index is 0.451. The Kier molecular flexibility index (Phi) is 5.27. The van der Waals surface area contributed by atoms with Gasteiger partial charge in [0.25, 0.3) is 0 Å². The second kappa shape index (κ2) is 6.55. The lowest BCUT2D eigenvalue weighted by molar-refractivity contribution is 0.138. The molecule has 3 unspecified atom stereocenters. The molecule has 1 aliphatic carbocycles. The number of hydrogen-bond donors (Lipinski definition) is 1. The molecule has 3 heteroatoms. The monoisotopic (exact) mass is 268 g/mol. The molecule has 0 radical (unpaired) electrons. The summed E-state index contributed by atoms with van der Waals surface area (Å²) in [6.45, 7) is 11.4. The maximum absolute atomic E-state index is 5.52. The highest BCUT2D eigenvalue weighted by atomic mass is 16.5. The van der Waals surface area contributed by atoms with Gasteiger partial charge in [0.1, 0.15) is 0 Å². The van der Waals surface area contributed by atoms with Crippen molar-refractivity contribution in [1.29, 1.82) is 0 Å². The summed E-state index contributed by atoms with van der Waals surface area (Å²) in [6.07, 6.45) is 5.16. The molecule has 0 bridgehead atoms. The molecule has 1 aliphatic heterocycles. The third kappa shape index (κ3) is 3.71. The van der Waals surface area contributed by atoms with Crippen LogP contribution in [0.5, 0.6) is 0 Å². The van der Waals surface area contributed by atoms with Crippen LogP contribution in [-0.4, -0.2) is 50.3 Å². The molecule has 0 spiro atoms. The van der Waals surface area contributed by atoms with Crippen LogP contribution in [0.4, 0.5) is 0 Å². The molecule has 19 heavy (non-hydrogen) atoms. The molecule has 3 nitrogen and oxygen atoms in total. The van der Waals surface area contributed by atoms with Gasteiger partial charge in [0.15, 0.2) is 0 Å². The zero-order valence-corrected chi connectivity index (χ0v) is 13.2. The van der Waals surface area contributed by atoms with Gasteiger partial charge in [-0.15, -0.1) is 0 Å². The van der Waals surface area contributed by atoms with Crippen molar-refractivity contribution in [2.75, 3.05) is 33.4 Å². The van der Waals surface area contributed by atoms with Crippen LogP contribution >= 0.6 is 0 Å². The summed E-state index contributed by atoms with van der Waals surface area (Å²) in [5, 5.41) is 3.81. The van der Waals surface area contributed by atoms with E-state index in [1.807, 2.05) is 0 Å². The summed E-state index contributed by atoms with van der Waals surface area (Å²) in [7, 11) is 2.28. The van der Waals surface area contributed by atoms with Crippen LogP contribution in [0.3, 0.4) is 0 Å². The van der Waals surface area contributed by atoms with Crippen molar-refractivity contribution in [1.82, 2.24) is 10.2 Å². The number of nitrogens with one attached hydrogen (secondary N) is 1. The molecular weight excluding hydrogens is 236 g/mol. The van der Waals surface area contributed by atoms with Crippen molar-refractivity contribution in [3.8, 4) is 0 Å². The summed E-state index contributed by atoms with van der Waals surface area (Å²) >= 11 is 0. The topological polar surface area (TPSA) is 24.5 Å². The molecule has 0 aromatic carbocycles. The maximum Gasteiger partial charge on any atom is 0.0622 e. The first-order chi connectivity index (χ1) is 9.04. The van der Waals surface area contributed by atoms with Gasteiger partial charge in [0, 0.05) is 25.2 Å². The Labute approximate surface area is 119 Å². The predicted octanol–water partition coefficient (Wildman–Crippen LogP) is 2.51. The molecule has 3 atom stereocenters. The minimum atomic E-state index is 0.451. The average molecular weight is 268 g/mol. The lowest BCUT2D eigenvalue weighted by atomic mass is 9.84. The van der Waals surface area contributed by atoms with E-state index in [0.717, 1.165) is 25.7 Å². The van der Waals surface area contributed by atoms with E-state index in [0.29, 0.717) is 17.5 Å². The zero-order chi connectivity index (χ0) is 13.9. The number of nitrogens with zero attached hydrogens (tertiary/aromatic N) is 1. The first-order valence-corrected chi connectivity index (χ1v) is 8.06. The van der Waals surface area contributed by atoms with Gasteiger partial charge in [0.2, 0.25) is 0 Å². The van der Waals surface area contributed by atoms with Crippen LogP contribution in [0.15, 0.2) is 0 Å². The molecule has 1 saturated carbocycles. The Morgan fingerprint density at radius 3 is 2.74 bits per heavy atom. The first kappa shape index (κ1) is 15.3. The summed E-state index contributed by atoms with van der Waals surface area (Å²) < 4.78 is 5.52. The van der Waals surface area contributed by atoms with Gasteiger partial charge in [-0.2, -0.15) is 0 Å². The van der Waals surface area contributed by atoms with Gasteiger partial charge >= 0.3 is 0 Å². The van der Waals surface area contributed by atoms with E-state index in [9.17, 15) is 0 Å². The zero-order valence-electron chi connectivity index (χ0n) is 13.2. The van der Waals surface area contributed by atoms with E-state index in [1.165, 1.54) is 32.2 Å². The summed E-state index contributed by atoms with van der Waals surface area (Å²) in [5.41, 5.74) is 0.451. The molecule has 112 valence electrons. The Hall–Kier alpha value is -0.120. The molecule has 2 fully saturated rings. The van der Waals surface area contributed by atoms with Crippen molar-refractivity contribution in [2.24, 2.45) is 11.3 Å². The fourth-order valence-electron chi connectivity index (χ4n) is 3.85. The van der Waals surface area contributed by atoms with Gasteiger partial charge < -0.3 is 15.0 Å². The van der Waals surface area contributed by atoms with Crippen LogP contribution in [0.25, 0.3) is 0 Å². The highest BCUT2D eigenvalue weighted by Crippen LogP contribution is 2.41. The van der Waals surface area contributed by atoms with E-state index >= 15 is 0 Å². The van der Waals surface area contributed by atoms with Crippen molar-refractivity contribution >= 4 is 0 Å². The summed E-state index contributed by atoms with van der Waals surface area (Å²) in [4.78, 5) is 2.54. The predicted molar refractivity (Wildman–Crippen MR) is 80.4 cm³/mol. The van der Waals surface area contributed by atoms with E-state index in [4.69, 9.17) is 4.74 Å². The standard InChI is InChI=1S/C16H32N2O/c1-5-9-17-15-13(6-8-16(15,2)3)11-18(4)14-7-10-19-12-14/h13-15,17H,5-12H2,1-4H3. The lowest BCUT2D eigenvalue weighted by Gasteiger charge is -2.34.